The first-order valence-corrected chi connectivity index (χ1v) is 11.9. The van der Waals surface area contributed by atoms with Crippen LogP contribution in [-0.4, -0.2) is 25.6 Å². The van der Waals surface area contributed by atoms with Crippen LogP contribution < -0.4 is 4.74 Å². The van der Waals surface area contributed by atoms with Crippen LogP contribution >= 0.6 is 11.3 Å². The highest BCUT2D eigenvalue weighted by Gasteiger charge is 2.13. The van der Waals surface area contributed by atoms with E-state index in [1.165, 1.54) is 26.8 Å². The number of benzene rings is 2. The number of ether oxygens (including phenoxy) is 1. The number of rotatable bonds is 7. The summed E-state index contributed by atoms with van der Waals surface area (Å²) in [7, 11) is 0. The second kappa shape index (κ2) is 9.86. The maximum atomic E-state index is 6.05. The van der Waals surface area contributed by atoms with Gasteiger partial charge in [-0.1, -0.05) is 47.5 Å². The van der Waals surface area contributed by atoms with E-state index in [1.54, 1.807) is 11.3 Å². The Labute approximate surface area is 202 Å². The molecule has 0 aliphatic heterocycles. The fraction of sp³-hybridized carbons (Fsp3) is 0.185. The summed E-state index contributed by atoms with van der Waals surface area (Å²) < 4.78 is 7.23. The Morgan fingerprint density at radius 3 is 2.71 bits per heavy atom. The van der Waals surface area contributed by atoms with Crippen LogP contribution in [0.25, 0.3) is 21.2 Å². The van der Waals surface area contributed by atoms with Gasteiger partial charge in [-0.05, 0) is 54.1 Å². The van der Waals surface area contributed by atoms with Gasteiger partial charge in [-0.2, -0.15) is 5.21 Å². The van der Waals surface area contributed by atoms with Crippen LogP contribution in [0, 0.1) is 18.8 Å². The van der Waals surface area contributed by atoms with E-state index in [9.17, 15) is 0 Å². The summed E-state index contributed by atoms with van der Waals surface area (Å²) in [5.41, 5.74) is 5.76. The topological polar surface area (TPSA) is 76.6 Å². The number of aromatic amines is 1. The molecule has 3 heterocycles. The molecule has 0 fully saturated rings. The first kappa shape index (κ1) is 21.8. The average molecular weight is 466 g/mol. The summed E-state index contributed by atoms with van der Waals surface area (Å²) in [6.45, 7) is 4.38. The maximum Gasteiger partial charge on any atom is 0.176 e. The van der Waals surface area contributed by atoms with Crippen molar-refractivity contribution in [3.05, 3.63) is 88.8 Å². The molecule has 5 aromatic rings. The van der Waals surface area contributed by atoms with Crippen molar-refractivity contribution in [2.24, 2.45) is 0 Å². The summed E-state index contributed by atoms with van der Waals surface area (Å²) in [4.78, 5) is 4.61. The summed E-state index contributed by atoms with van der Waals surface area (Å²) in [6.07, 6.45) is 2.54. The van der Waals surface area contributed by atoms with Gasteiger partial charge >= 0.3 is 0 Å². The number of pyridine rings is 1. The van der Waals surface area contributed by atoms with Crippen LogP contribution in [0.15, 0.2) is 66.2 Å². The van der Waals surface area contributed by atoms with Crippen molar-refractivity contribution in [2.75, 3.05) is 0 Å². The van der Waals surface area contributed by atoms with Gasteiger partial charge in [0.1, 0.15) is 12.4 Å². The lowest BCUT2D eigenvalue weighted by Crippen LogP contribution is -2.03. The van der Waals surface area contributed by atoms with Crippen LogP contribution in [-0.2, 0) is 13.0 Å². The molecule has 1 unspecified atom stereocenters. The molecule has 2 aromatic carbocycles. The van der Waals surface area contributed by atoms with E-state index < -0.39 is 0 Å². The van der Waals surface area contributed by atoms with Gasteiger partial charge in [0, 0.05) is 23.6 Å². The van der Waals surface area contributed by atoms with E-state index >= 15 is 0 Å². The Hall–Kier alpha value is -4.02. The van der Waals surface area contributed by atoms with Gasteiger partial charge in [0.25, 0.3) is 0 Å². The average Bonchev–Trinajstić information content (AvgIpc) is 3.53. The SMILES string of the molecule is CC#CC(Cc1nn[nH]n1)c1ccc(OCc2cc3c(-c4ccccc4C)csc3cn2)cc1. The smallest absolute Gasteiger partial charge is 0.176 e. The molecule has 1 atom stereocenters. The van der Waals surface area contributed by atoms with Crippen molar-refractivity contribution < 1.29 is 4.74 Å². The highest BCUT2D eigenvalue weighted by atomic mass is 32.1. The Morgan fingerprint density at radius 2 is 1.94 bits per heavy atom. The van der Waals surface area contributed by atoms with Gasteiger partial charge in [0.2, 0.25) is 0 Å². The fourth-order valence-electron chi connectivity index (χ4n) is 3.97. The number of hydrogen-bond donors (Lipinski definition) is 1. The normalized spacial score (nSPS) is 11.7. The summed E-state index contributed by atoms with van der Waals surface area (Å²) in [6, 6.07) is 18.6. The molecule has 0 spiro atoms. The highest BCUT2D eigenvalue weighted by Crippen LogP contribution is 2.35. The van der Waals surface area contributed by atoms with Crippen LogP contribution in [0.4, 0.5) is 0 Å². The van der Waals surface area contributed by atoms with E-state index in [0.29, 0.717) is 18.9 Å². The molecular formula is C27H23N5OS. The van der Waals surface area contributed by atoms with E-state index in [4.69, 9.17) is 4.74 Å². The van der Waals surface area contributed by atoms with Crippen LogP contribution in [0.5, 0.6) is 5.75 Å². The molecule has 0 radical (unpaired) electrons. The molecule has 3 aromatic heterocycles. The third kappa shape index (κ3) is 4.68. The van der Waals surface area contributed by atoms with Crippen LogP contribution in [0.2, 0.25) is 0 Å². The predicted molar refractivity (Wildman–Crippen MR) is 135 cm³/mol. The standard InChI is InChI=1S/C27H23N5OS/c1-3-6-20(13-27-29-31-32-30-27)19-9-11-22(12-10-19)33-16-21-14-24-25(17-34-26(24)15-28-21)23-8-5-4-7-18(23)2/h4-5,7-12,14-15,17,20H,13,16H2,1-2H3,(H,29,30,31,32). The van der Waals surface area contributed by atoms with E-state index in [2.05, 4.69) is 80.1 Å². The van der Waals surface area contributed by atoms with E-state index in [-0.39, 0.29) is 5.92 Å². The number of nitrogens with zero attached hydrogens (tertiary/aromatic N) is 4. The minimum Gasteiger partial charge on any atom is -0.487 e. The molecule has 0 saturated heterocycles. The number of H-pyrrole nitrogens is 1. The van der Waals surface area contributed by atoms with Crippen molar-refractivity contribution in [2.45, 2.75) is 32.8 Å². The molecule has 0 bridgehead atoms. The number of aryl methyl sites for hydroxylation is 1. The minimum absolute atomic E-state index is 0.000760. The van der Waals surface area contributed by atoms with E-state index in [1.807, 2.05) is 37.4 Å². The molecule has 5 rings (SSSR count). The first-order chi connectivity index (χ1) is 16.7. The zero-order valence-electron chi connectivity index (χ0n) is 18.9. The largest absolute Gasteiger partial charge is 0.487 e. The molecule has 168 valence electrons. The van der Waals surface area contributed by atoms with E-state index in [0.717, 1.165) is 17.0 Å². The first-order valence-electron chi connectivity index (χ1n) is 11.0. The molecular weight excluding hydrogens is 442 g/mol. The van der Waals surface area contributed by atoms with Gasteiger partial charge < -0.3 is 4.74 Å². The second-order valence-electron chi connectivity index (χ2n) is 7.97. The third-order valence-corrected chi connectivity index (χ3v) is 6.65. The minimum atomic E-state index is -0.000760. The molecule has 1 N–H and O–H groups in total. The number of hydrogen-bond acceptors (Lipinski definition) is 6. The third-order valence-electron chi connectivity index (χ3n) is 5.72. The highest BCUT2D eigenvalue weighted by molar-refractivity contribution is 7.17. The van der Waals surface area contributed by atoms with Gasteiger partial charge in [-0.25, -0.2) is 0 Å². The predicted octanol–water partition coefficient (Wildman–Crippen LogP) is 5.71. The van der Waals surface area contributed by atoms with Crippen molar-refractivity contribution in [3.8, 4) is 28.7 Å². The van der Waals surface area contributed by atoms with Crippen molar-refractivity contribution in [1.29, 1.82) is 0 Å². The molecule has 34 heavy (non-hydrogen) atoms. The van der Waals surface area contributed by atoms with Gasteiger partial charge in [-0.3, -0.25) is 4.98 Å². The molecule has 6 nitrogen and oxygen atoms in total. The van der Waals surface area contributed by atoms with Crippen molar-refractivity contribution >= 4 is 21.4 Å². The number of thiophene rings is 1. The summed E-state index contributed by atoms with van der Waals surface area (Å²) in [5.74, 6) is 7.66. The number of aromatic nitrogens is 5. The van der Waals surface area contributed by atoms with Crippen molar-refractivity contribution in [3.63, 3.8) is 0 Å². The summed E-state index contributed by atoms with van der Waals surface area (Å²) >= 11 is 1.72. The number of fused-ring (bicyclic) bond motifs is 1. The monoisotopic (exact) mass is 465 g/mol. The van der Waals surface area contributed by atoms with Crippen LogP contribution in [0.1, 0.15) is 35.5 Å². The fourth-order valence-corrected chi connectivity index (χ4v) is 4.88. The van der Waals surface area contributed by atoms with Gasteiger partial charge in [-0.15, -0.1) is 27.5 Å². The zero-order chi connectivity index (χ0) is 23.3. The number of nitrogens with one attached hydrogen (secondary N) is 1. The molecule has 0 aliphatic carbocycles. The lowest BCUT2D eigenvalue weighted by Gasteiger charge is -2.11. The Balaban J connectivity index is 1.31. The Kier molecular flexibility index (Phi) is 6.32. The Morgan fingerprint density at radius 1 is 1.09 bits per heavy atom. The van der Waals surface area contributed by atoms with Gasteiger partial charge in [0.15, 0.2) is 5.82 Å². The lowest BCUT2D eigenvalue weighted by atomic mass is 9.96. The molecule has 0 amide bonds. The second-order valence-corrected chi connectivity index (χ2v) is 8.88. The van der Waals surface area contributed by atoms with Gasteiger partial charge in [0.05, 0.1) is 16.3 Å². The quantitative estimate of drug-likeness (QED) is 0.311. The number of tetrazole rings is 1. The summed E-state index contributed by atoms with van der Waals surface area (Å²) in [5, 5.41) is 17.6. The molecule has 0 saturated carbocycles. The maximum absolute atomic E-state index is 6.05. The lowest BCUT2D eigenvalue weighted by molar-refractivity contribution is 0.301. The van der Waals surface area contributed by atoms with Crippen molar-refractivity contribution in [1.82, 2.24) is 25.6 Å². The molecule has 7 heteroatoms. The molecule has 0 aliphatic rings. The van der Waals surface area contributed by atoms with Crippen LogP contribution in [0.3, 0.4) is 0 Å². The Bertz CT molecular complexity index is 1460. The zero-order valence-corrected chi connectivity index (χ0v) is 19.8.